The smallest absolute Gasteiger partial charge is 0.251 e. The summed E-state index contributed by atoms with van der Waals surface area (Å²) in [4.78, 5) is 25.7. The zero-order valence-electron chi connectivity index (χ0n) is 17.4. The molecule has 8 nitrogen and oxygen atoms in total. The third kappa shape index (κ3) is 4.91. The highest BCUT2D eigenvalue weighted by Gasteiger charge is 2.27. The van der Waals surface area contributed by atoms with E-state index in [-0.39, 0.29) is 24.5 Å². The number of amides is 2. The van der Waals surface area contributed by atoms with Crippen molar-refractivity contribution in [2.45, 2.75) is 26.3 Å². The van der Waals surface area contributed by atoms with Crippen molar-refractivity contribution in [2.75, 3.05) is 12.1 Å². The molecule has 0 bridgehead atoms. The minimum absolute atomic E-state index is 0.0735. The first-order chi connectivity index (χ1) is 15.4. The summed E-state index contributed by atoms with van der Waals surface area (Å²) in [5.74, 6) is 0.616. The van der Waals surface area contributed by atoms with Crippen molar-refractivity contribution in [3.63, 3.8) is 0 Å². The standard InChI is InChI=1S/C22H21BrN4O4S/c1-3-12(2)18(24-19(28)13-4-7-15(23)8-5-13)20(29)25-22-27-26-21(32-22)14-6-9-16-17(10-14)31-11-30-16/h4-10,12,18H,3,11H2,1-2H3,(H,24,28)(H,25,27,29). The summed E-state index contributed by atoms with van der Waals surface area (Å²) in [5.41, 5.74) is 1.30. The van der Waals surface area contributed by atoms with Gasteiger partial charge in [0.2, 0.25) is 17.8 Å². The van der Waals surface area contributed by atoms with Crippen LogP contribution in [0.25, 0.3) is 10.6 Å². The fraction of sp³-hybridized carbons (Fsp3) is 0.273. The Hall–Kier alpha value is -2.98. The van der Waals surface area contributed by atoms with Crippen LogP contribution in [0, 0.1) is 5.92 Å². The van der Waals surface area contributed by atoms with Gasteiger partial charge in [0.25, 0.3) is 5.91 Å². The molecule has 0 saturated carbocycles. The third-order valence-electron chi connectivity index (χ3n) is 5.16. The Morgan fingerprint density at radius 2 is 1.88 bits per heavy atom. The largest absolute Gasteiger partial charge is 0.454 e. The summed E-state index contributed by atoms with van der Waals surface area (Å²) in [5, 5.41) is 14.9. The fourth-order valence-corrected chi connectivity index (χ4v) is 4.14. The highest BCUT2D eigenvalue weighted by Crippen LogP contribution is 2.37. The highest BCUT2D eigenvalue weighted by atomic mass is 79.9. The molecule has 0 aliphatic carbocycles. The topological polar surface area (TPSA) is 102 Å². The first kappa shape index (κ1) is 22.2. The average molecular weight is 517 g/mol. The van der Waals surface area contributed by atoms with Gasteiger partial charge in [-0.3, -0.25) is 14.9 Å². The number of aromatic nitrogens is 2. The van der Waals surface area contributed by atoms with E-state index in [0.29, 0.717) is 27.2 Å². The number of rotatable bonds is 7. The first-order valence-corrected chi connectivity index (χ1v) is 11.7. The van der Waals surface area contributed by atoms with Gasteiger partial charge in [0.1, 0.15) is 11.0 Å². The Kier molecular flexibility index (Phi) is 6.71. The fourth-order valence-electron chi connectivity index (χ4n) is 3.13. The minimum Gasteiger partial charge on any atom is -0.454 e. The first-order valence-electron chi connectivity index (χ1n) is 10.1. The number of hydrogen-bond donors (Lipinski definition) is 2. The van der Waals surface area contributed by atoms with Crippen LogP contribution in [0.15, 0.2) is 46.9 Å². The molecule has 1 aliphatic rings. The van der Waals surface area contributed by atoms with Gasteiger partial charge in [0, 0.05) is 15.6 Å². The van der Waals surface area contributed by atoms with Crippen LogP contribution in [0.4, 0.5) is 5.13 Å². The van der Waals surface area contributed by atoms with Crippen molar-refractivity contribution in [3.05, 3.63) is 52.5 Å². The SMILES string of the molecule is CCC(C)C(NC(=O)c1ccc(Br)cc1)C(=O)Nc1nnc(-c2ccc3c(c2)OCO3)s1. The van der Waals surface area contributed by atoms with Gasteiger partial charge in [-0.05, 0) is 48.4 Å². The molecule has 0 fully saturated rings. The van der Waals surface area contributed by atoms with Gasteiger partial charge in [-0.2, -0.15) is 0 Å². The van der Waals surface area contributed by atoms with E-state index in [9.17, 15) is 9.59 Å². The molecule has 1 aliphatic heterocycles. The van der Waals surface area contributed by atoms with Gasteiger partial charge in [-0.15, -0.1) is 10.2 Å². The van der Waals surface area contributed by atoms with E-state index in [2.05, 4.69) is 36.8 Å². The zero-order chi connectivity index (χ0) is 22.7. The normalized spacial score (nSPS) is 14.0. The Morgan fingerprint density at radius 1 is 1.12 bits per heavy atom. The molecule has 0 radical (unpaired) electrons. The Labute approximate surface area is 197 Å². The maximum absolute atomic E-state index is 13.0. The number of halogens is 1. The van der Waals surface area contributed by atoms with Crippen molar-refractivity contribution in [1.82, 2.24) is 15.5 Å². The van der Waals surface area contributed by atoms with Crippen molar-refractivity contribution in [2.24, 2.45) is 5.92 Å². The molecule has 2 heterocycles. The Balaban J connectivity index is 1.46. The number of nitrogens with zero attached hydrogens (tertiary/aromatic N) is 2. The van der Waals surface area contributed by atoms with Crippen molar-refractivity contribution >= 4 is 44.2 Å². The lowest BCUT2D eigenvalue weighted by Gasteiger charge is -2.23. The second kappa shape index (κ2) is 9.66. The van der Waals surface area contributed by atoms with Gasteiger partial charge in [-0.1, -0.05) is 47.5 Å². The van der Waals surface area contributed by atoms with Gasteiger partial charge in [0.15, 0.2) is 11.5 Å². The van der Waals surface area contributed by atoms with Crippen molar-refractivity contribution in [3.8, 4) is 22.1 Å². The minimum atomic E-state index is -0.714. The lowest BCUT2D eigenvalue weighted by atomic mass is 9.98. The highest BCUT2D eigenvalue weighted by molar-refractivity contribution is 9.10. The van der Waals surface area contributed by atoms with E-state index >= 15 is 0 Å². The maximum Gasteiger partial charge on any atom is 0.251 e. The molecule has 2 amide bonds. The molecule has 166 valence electrons. The Bertz CT molecular complexity index is 1140. The van der Waals surface area contributed by atoms with Crippen LogP contribution in [0.1, 0.15) is 30.6 Å². The van der Waals surface area contributed by atoms with Crippen LogP contribution in [0.5, 0.6) is 11.5 Å². The predicted octanol–water partition coefficient (Wildman–Crippen LogP) is 4.48. The summed E-state index contributed by atoms with van der Waals surface area (Å²) in [6.45, 7) is 4.09. The summed E-state index contributed by atoms with van der Waals surface area (Å²) >= 11 is 4.60. The number of carbonyl (C=O) groups is 2. The van der Waals surface area contributed by atoms with Gasteiger partial charge in [-0.25, -0.2) is 0 Å². The van der Waals surface area contributed by atoms with E-state index in [1.165, 1.54) is 11.3 Å². The van der Waals surface area contributed by atoms with Crippen LogP contribution >= 0.6 is 27.3 Å². The van der Waals surface area contributed by atoms with E-state index in [4.69, 9.17) is 9.47 Å². The van der Waals surface area contributed by atoms with E-state index in [1.54, 1.807) is 24.3 Å². The van der Waals surface area contributed by atoms with E-state index in [0.717, 1.165) is 16.5 Å². The molecule has 2 aromatic carbocycles. The number of fused-ring (bicyclic) bond motifs is 1. The molecule has 32 heavy (non-hydrogen) atoms. The van der Waals surface area contributed by atoms with Gasteiger partial charge < -0.3 is 14.8 Å². The molecule has 4 rings (SSSR count). The second-order valence-electron chi connectivity index (χ2n) is 7.31. The average Bonchev–Trinajstić information content (AvgIpc) is 3.46. The quantitative estimate of drug-likeness (QED) is 0.479. The second-order valence-corrected chi connectivity index (χ2v) is 9.21. The molecule has 10 heteroatoms. The van der Waals surface area contributed by atoms with Gasteiger partial charge >= 0.3 is 0 Å². The van der Waals surface area contributed by atoms with Crippen molar-refractivity contribution < 1.29 is 19.1 Å². The van der Waals surface area contributed by atoms with Crippen LogP contribution < -0.4 is 20.1 Å². The maximum atomic E-state index is 13.0. The number of nitrogens with one attached hydrogen (secondary N) is 2. The van der Waals surface area contributed by atoms with Crippen LogP contribution in [-0.4, -0.2) is 34.8 Å². The summed E-state index contributed by atoms with van der Waals surface area (Å²) in [7, 11) is 0. The molecule has 1 aromatic heterocycles. The molecule has 2 atom stereocenters. The number of hydrogen-bond acceptors (Lipinski definition) is 7. The number of anilines is 1. The number of ether oxygens (including phenoxy) is 2. The molecule has 0 saturated heterocycles. The molecular formula is C22H21BrN4O4S. The predicted molar refractivity (Wildman–Crippen MR) is 125 cm³/mol. The van der Waals surface area contributed by atoms with Crippen LogP contribution in [0.3, 0.4) is 0 Å². The van der Waals surface area contributed by atoms with Gasteiger partial charge in [0.05, 0.1) is 0 Å². The lowest BCUT2D eigenvalue weighted by Crippen LogP contribution is -2.47. The third-order valence-corrected chi connectivity index (χ3v) is 6.58. The Morgan fingerprint density at radius 3 is 2.62 bits per heavy atom. The zero-order valence-corrected chi connectivity index (χ0v) is 19.8. The summed E-state index contributed by atoms with van der Waals surface area (Å²) in [6, 6.07) is 11.8. The lowest BCUT2D eigenvalue weighted by molar-refractivity contribution is -0.119. The number of benzene rings is 2. The van der Waals surface area contributed by atoms with Crippen LogP contribution in [0.2, 0.25) is 0 Å². The molecular weight excluding hydrogens is 496 g/mol. The molecule has 2 N–H and O–H groups in total. The number of carbonyl (C=O) groups excluding carboxylic acids is 2. The molecule has 3 aromatic rings. The molecule has 0 spiro atoms. The van der Waals surface area contributed by atoms with Crippen molar-refractivity contribution in [1.29, 1.82) is 0 Å². The van der Waals surface area contributed by atoms with E-state index in [1.807, 2.05) is 32.0 Å². The van der Waals surface area contributed by atoms with Crippen LogP contribution in [-0.2, 0) is 4.79 Å². The summed E-state index contributed by atoms with van der Waals surface area (Å²) in [6.07, 6.45) is 0.720. The molecule has 2 unspecified atom stereocenters. The summed E-state index contributed by atoms with van der Waals surface area (Å²) < 4.78 is 11.6. The van der Waals surface area contributed by atoms with E-state index < -0.39 is 6.04 Å². The monoisotopic (exact) mass is 516 g/mol.